The lowest BCUT2D eigenvalue weighted by Crippen LogP contribution is -2.55. The fourth-order valence-corrected chi connectivity index (χ4v) is 3.28. The molecule has 7 nitrogen and oxygen atoms in total. The zero-order chi connectivity index (χ0) is 16.7. The highest BCUT2D eigenvalue weighted by Crippen LogP contribution is 2.30. The van der Waals surface area contributed by atoms with Crippen LogP contribution >= 0.6 is 0 Å². The van der Waals surface area contributed by atoms with Crippen LogP contribution in [-0.4, -0.2) is 56.8 Å². The Morgan fingerprint density at radius 3 is 2.88 bits per heavy atom. The molecule has 122 valence electrons. The van der Waals surface area contributed by atoms with Gasteiger partial charge in [0.1, 0.15) is 17.3 Å². The van der Waals surface area contributed by atoms with Crippen LogP contribution in [0.3, 0.4) is 0 Å². The zero-order valence-corrected chi connectivity index (χ0v) is 13.1. The van der Waals surface area contributed by atoms with E-state index in [4.69, 9.17) is 0 Å². The first-order valence-electron chi connectivity index (χ1n) is 8.10. The van der Waals surface area contributed by atoms with Crippen LogP contribution in [0.4, 0.5) is 0 Å². The molecule has 1 aliphatic carbocycles. The summed E-state index contributed by atoms with van der Waals surface area (Å²) in [7, 11) is 0. The molecule has 1 unspecified atom stereocenters. The van der Waals surface area contributed by atoms with Gasteiger partial charge < -0.3 is 4.90 Å². The van der Waals surface area contributed by atoms with Crippen molar-refractivity contribution >= 4 is 11.6 Å². The van der Waals surface area contributed by atoms with Crippen molar-refractivity contribution in [2.45, 2.75) is 24.9 Å². The normalized spacial score (nSPS) is 21.6. The van der Waals surface area contributed by atoms with E-state index in [1.54, 1.807) is 29.3 Å². The molecule has 1 aliphatic heterocycles. The third kappa shape index (κ3) is 2.45. The van der Waals surface area contributed by atoms with E-state index in [0.29, 0.717) is 31.3 Å². The Balaban J connectivity index is 1.61. The topological polar surface area (TPSA) is 81.7 Å². The summed E-state index contributed by atoms with van der Waals surface area (Å²) in [5.41, 5.74) is 0.187. The van der Waals surface area contributed by atoms with Gasteiger partial charge >= 0.3 is 0 Å². The molecule has 2 aromatic rings. The number of fused-ring (bicyclic) bond motifs is 1. The SMILES string of the molecule is N#CC1CN(C(=O)c2cnc3ccccn3c2=O)CCN1C1CC1. The van der Waals surface area contributed by atoms with Gasteiger partial charge in [-0.25, -0.2) is 4.98 Å². The van der Waals surface area contributed by atoms with Gasteiger partial charge in [0.25, 0.3) is 11.5 Å². The van der Waals surface area contributed by atoms with Crippen LogP contribution in [0.1, 0.15) is 23.2 Å². The number of aromatic nitrogens is 2. The van der Waals surface area contributed by atoms with Crippen LogP contribution in [0.25, 0.3) is 5.65 Å². The lowest BCUT2D eigenvalue weighted by atomic mass is 10.1. The van der Waals surface area contributed by atoms with E-state index in [-0.39, 0.29) is 23.1 Å². The Hall–Kier alpha value is -2.72. The third-order valence-electron chi connectivity index (χ3n) is 4.72. The summed E-state index contributed by atoms with van der Waals surface area (Å²) >= 11 is 0. The summed E-state index contributed by atoms with van der Waals surface area (Å²) in [4.78, 5) is 33.3. The van der Waals surface area contributed by atoms with Crippen molar-refractivity contribution in [3.05, 3.63) is 46.5 Å². The standard InChI is InChI=1S/C17H17N5O2/c18-9-13-11-20(7-8-21(13)12-4-5-12)16(23)14-10-19-15-3-1-2-6-22(15)17(14)24/h1-3,6,10,12-13H,4-5,7-8,11H2. The molecule has 2 fully saturated rings. The summed E-state index contributed by atoms with van der Waals surface area (Å²) < 4.78 is 1.37. The fourth-order valence-electron chi connectivity index (χ4n) is 3.28. The van der Waals surface area contributed by atoms with Gasteiger partial charge in [-0.05, 0) is 25.0 Å². The highest BCUT2D eigenvalue weighted by Gasteiger charge is 2.39. The molecule has 1 saturated heterocycles. The van der Waals surface area contributed by atoms with E-state index in [9.17, 15) is 14.9 Å². The predicted octanol–water partition coefficient (Wildman–Crippen LogP) is 0.507. The molecule has 0 radical (unpaired) electrons. The maximum atomic E-state index is 12.8. The van der Waals surface area contributed by atoms with Gasteiger partial charge in [0.05, 0.1) is 6.07 Å². The quantitative estimate of drug-likeness (QED) is 0.804. The monoisotopic (exact) mass is 323 g/mol. The second-order valence-corrected chi connectivity index (χ2v) is 6.27. The van der Waals surface area contributed by atoms with Crippen molar-refractivity contribution in [1.29, 1.82) is 5.26 Å². The van der Waals surface area contributed by atoms with Crippen LogP contribution < -0.4 is 5.56 Å². The largest absolute Gasteiger partial charge is 0.334 e. The molecule has 1 saturated carbocycles. The van der Waals surface area contributed by atoms with Gasteiger partial charge in [0, 0.05) is 38.1 Å². The molecule has 0 aromatic carbocycles. The fraction of sp³-hybridized carbons (Fsp3) is 0.412. The Morgan fingerprint density at radius 2 is 2.12 bits per heavy atom. The number of piperazine rings is 1. The number of rotatable bonds is 2. The van der Waals surface area contributed by atoms with Crippen LogP contribution in [0.2, 0.25) is 0 Å². The van der Waals surface area contributed by atoms with Crippen molar-refractivity contribution in [2.75, 3.05) is 19.6 Å². The molecule has 0 spiro atoms. The number of hydrogen-bond acceptors (Lipinski definition) is 5. The zero-order valence-electron chi connectivity index (χ0n) is 13.1. The second kappa shape index (κ2) is 5.73. The highest BCUT2D eigenvalue weighted by atomic mass is 16.2. The summed E-state index contributed by atoms with van der Waals surface area (Å²) in [5.74, 6) is -0.346. The van der Waals surface area contributed by atoms with E-state index in [2.05, 4.69) is 16.0 Å². The van der Waals surface area contributed by atoms with Gasteiger partial charge in [-0.1, -0.05) is 6.07 Å². The lowest BCUT2D eigenvalue weighted by molar-refractivity contribution is 0.0548. The summed E-state index contributed by atoms with van der Waals surface area (Å²) in [6.07, 6.45) is 5.20. The Morgan fingerprint density at radius 1 is 1.29 bits per heavy atom. The average molecular weight is 323 g/mol. The molecule has 7 heteroatoms. The van der Waals surface area contributed by atoms with Gasteiger partial charge in [-0.3, -0.25) is 18.9 Å². The number of hydrogen-bond donors (Lipinski definition) is 0. The van der Waals surface area contributed by atoms with Crippen molar-refractivity contribution < 1.29 is 4.79 Å². The number of amides is 1. The minimum absolute atomic E-state index is 0.0512. The number of nitrogens with zero attached hydrogens (tertiary/aromatic N) is 5. The molecule has 1 atom stereocenters. The summed E-state index contributed by atoms with van der Waals surface area (Å²) in [6, 6.07) is 7.71. The molecule has 24 heavy (non-hydrogen) atoms. The Labute approximate surface area is 138 Å². The second-order valence-electron chi connectivity index (χ2n) is 6.27. The summed E-state index contributed by atoms with van der Waals surface area (Å²) in [6.45, 7) is 1.55. The van der Waals surface area contributed by atoms with E-state index in [1.807, 2.05) is 0 Å². The molecule has 4 rings (SSSR count). The number of pyridine rings is 1. The van der Waals surface area contributed by atoms with E-state index in [1.165, 1.54) is 10.6 Å². The van der Waals surface area contributed by atoms with Gasteiger partial charge in [0.2, 0.25) is 0 Å². The number of carbonyl (C=O) groups is 1. The number of carbonyl (C=O) groups excluding carboxylic acids is 1. The first-order valence-corrected chi connectivity index (χ1v) is 8.10. The maximum absolute atomic E-state index is 12.8. The minimum atomic E-state index is -0.372. The highest BCUT2D eigenvalue weighted by molar-refractivity contribution is 5.94. The van der Waals surface area contributed by atoms with Gasteiger partial charge in [0.15, 0.2) is 0 Å². The molecule has 1 amide bonds. The van der Waals surface area contributed by atoms with Crippen LogP contribution in [-0.2, 0) is 0 Å². The van der Waals surface area contributed by atoms with Gasteiger partial charge in [-0.15, -0.1) is 0 Å². The average Bonchev–Trinajstić information content (AvgIpc) is 3.46. The first kappa shape index (κ1) is 14.8. The van der Waals surface area contributed by atoms with Crippen LogP contribution in [0.15, 0.2) is 35.4 Å². The molecule has 2 aliphatic rings. The Bertz CT molecular complexity index is 896. The Kier molecular flexibility index (Phi) is 3.54. The van der Waals surface area contributed by atoms with Crippen molar-refractivity contribution in [2.24, 2.45) is 0 Å². The van der Waals surface area contributed by atoms with Crippen molar-refractivity contribution in [3.8, 4) is 6.07 Å². The summed E-state index contributed by atoms with van der Waals surface area (Å²) in [5, 5.41) is 9.40. The molecule has 2 aromatic heterocycles. The molecule has 3 heterocycles. The minimum Gasteiger partial charge on any atom is -0.334 e. The van der Waals surface area contributed by atoms with Crippen LogP contribution in [0, 0.1) is 11.3 Å². The lowest BCUT2D eigenvalue weighted by Gasteiger charge is -2.38. The molecular weight excluding hydrogens is 306 g/mol. The first-order chi connectivity index (χ1) is 11.7. The number of nitriles is 1. The predicted molar refractivity (Wildman–Crippen MR) is 86.5 cm³/mol. The van der Waals surface area contributed by atoms with Gasteiger partial charge in [-0.2, -0.15) is 5.26 Å². The smallest absolute Gasteiger partial charge is 0.270 e. The van der Waals surface area contributed by atoms with Crippen LogP contribution in [0.5, 0.6) is 0 Å². The molecular formula is C17H17N5O2. The molecule has 0 N–H and O–H groups in total. The maximum Gasteiger partial charge on any atom is 0.270 e. The van der Waals surface area contributed by atoms with E-state index in [0.717, 1.165) is 12.8 Å². The van der Waals surface area contributed by atoms with E-state index < -0.39 is 0 Å². The van der Waals surface area contributed by atoms with Crippen molar-refractivity contribution in [3.63, 3.8) is 0 Å². The third-order valence-corrected chi connectivity index (χ3v) is 4.72. The van der Waals surface area contributed by atoms with E-state index >= 15 is 0 Å². The molecule has 0 bridgehead atoms. The van der Waals surface area contributed by atoms with Crippen molar-refractivity contribution in [1.82, 2.24) is 19.2 Å².